The van der Waals surface area contributed by atoms with Crippen LogP contribution in [0.3, 0.4) is 0 Å². The van der Waals surface area contributed by atoms with E-state index in [1.807, 2.05) is 36.2 Å². The minimum Gasteiger partial charge on any atom is -0.387 e. The number of aliphatic hydroxyl groups excluding tert-OH is 1. The second-order valence-electron chi connectivity index (χ2n) is 3.64. The first-order chi connectivity index (χ1) is 7.18. The van der Waals surface area contributed by atoms with E-state index in [2.05, 4.69) is 4.98 Å². The van der Waals surface area contributed by atoms with Crippen LogP contribution in [0.1, 0.15) is 22.4 Å². The molecule has 0 aliphatic heterocycles. The van der Waals surface area contributed by atoms with E-state index >= 15 is 0 Å². The Morgan fingerprint density at radius 3 is 2.93 bits per heavy atom. The van der Waals surface area contributed by atoms with Crippen molar-refractivity contribution in [3.05, 3.63) is 40.1 Å². The van der Waals surface area contributed by atoms with Gasteiger partial charge in [-0.15, -0.1) is 11.3 Å². The Kier molecular flexibility index (Phi) is 2.88. The summed E-state index contributed by atoms with van der Waals surface area (Å²) < 4.78 is 1.94. The third-order valence-electron chi connectivity index (χ3n) is 2.50. The van der Waals surface area contributed by atoms with Gasteiger partial charge >= 0.3 is 0 Å². The normalized spacial score (nSPS) is 13.0. The Morgan fingerprint density at radius 2 is 2.40 bits per heavy atom. The first-order valence-electron chi connectivity index (χ1n) is 4.86. The molecule has 0 amide bonds. The molecule has 1 N–H and O–H groups in total. The third-order valence-corrected chi connectivity index (χ3v) is 3.62. The molecule has 0 bridgehead atoms. The first-order valence-corrected chi connectivity index (χ1v) is 5.74. The predicted molar refractivity (Wildman–Crippen MR) is 60.9 cm³/mol. The van der Waals surface area contributed by atoms with Crippen LogP contribution in [-0.4, -0.2) is 14.7 Å². The van der Waals surface area contributed by atoms with Crippen LogP contribution in [0.2, 0.25) is 0 Å². The number of aromatic nitrogens is 2. The summed E-state index contributed by atoms with van der Waals surface area (Å²) in [5, 5.41) is 12.0. The molecular formula is C11H14N2OS. The van der Waals surface area contributed by atoms with Gasteiger partial charge in [-0.2, -0.15) is 0 Å². The number of aryl methyl sites for hydroxylation is 2. The van der Waals surface area contributed by atoms with Gasteiger partial charge < -0.3 is 9.67 Å². The van der Waals surface area contributed by atoms with Gasteiger partial charge in [-0.3, -0.25) is 0 Å². The second kappa shape index (κ2) is 4.16. The lowest BCUT2D eigenvalue weighted by atomic mass is 10.1. The van der Waals surface area contributed by atoms with Gasteiger partial charge in [0, 0.05) is 30.7 Å². The van der Waals surface area contributed by atoms with Gasteiger partial charge in [-0.1, -0.05) is 0 Å². The maximum Gasteiger partial charge on any atom is 0.111 e. The van der Waals surface area contributed by atoms with Crippen LogP contribution in [-0.2, 0) is 13.5 Å². The van der Waals surface area contributed by atoms with Gasteiger partial charge in [0.25, 0.3) is 0 Å². The molecule has 2 aromatic rings. The zero-order chi connectivity index (χ0) is 10.8. The van der Waals surface area contributed by atoms with E-state index in [1.54, 1.807) is 17.5 Å². The van der Waals surface area contributed by atoms with E-state index in [4.69, 9.17) is 0 Å². The average molecular weight is 222 g/mol. The van der Waals surface area contributed by atoms with E-state index in [0.29, 0.717) is 6.42 Å². The molecule has 3 nitrogen and oxygen atoms in total. The highest BCUT2D eigenvalue weighted by molar-refractivity contribution is 7.10. The van der Waals surface area contributed by atoms with Crippen LogP contribution >= 0.6 is 11.3 Å². The van der Waals surface area contributed by atoms with Crippen molar-refractivity contribution in [1.29, 1.82) is 0 Å². The molecule has 15 heavy (non-hydrogen) atoms. The Labute approximate surface area is 93.0 Å². The fourth-order valence-electron chi connectivity index (χ4n) is 1.58. The number of rotatable bonds is 3. The first kappa shape index (κ1) is 10.4. The van der Waals surface area contributed by atoms with Crippen molar-refractivity contribution < 1.29 is 5.11 Å². The molecule has 4 heteroatoms. The molecule has 0 fully saturated rings. The Morgan fingerprint density at radius 1 is 1.60 bits per heavy atom. The molecule has 0 aliphatic carbocycles. The van der Waals surface area contributed by atoms with Crippen molar-refractivity contribution >= 4 is 11.3 Å². The summed E-state index contributed by atoms with van der Waals surface area (Å²) in [6.45, 7) is 2.02. The summed E-state index contributed by atoms with van der Waals surface area (Å²) in [5.41, 5.74) is 1.15. The molecule has 2 heterocycles. The van der Waals surface area contributed by atoms with Gasteiger partial charge in [0.05, 0.1) is 6.10 Å². The van der Waals surface area contributed by atoms with Crippen molar-refractivity contribution in [2.24, 2.45) is 7.05 Å². The van der Waals surface area contributed by atoms with E-state index in [9.17, 15) is 5.11 Å². The van der Waals surface area contributed by atoms with Crippen LogP contribution in [0.15, 0.2) is 23.8 Å². The van der Waals surface area contributed by atoms with Gasteiger partial charge in [0.1, 0.15) is 5.82 Å². The smallest absolute Gasteiger partial charge is 0.111 e. The number of thiophene rings is 1. The summed E-state index contributed by atoms with van der Waals surface area (Å²) >= 11 is 1.60. The molecule has 0 aromatic carbocycles. The SMILES string of the molecule is Cc1ccsc1C(O)Cc1nccn1C. The van der Waals surface area contributed by atoms with E-state index in [1.165, 1.54) is 0 Å². The Bertz CT molecular complexity index is 447. The molecular weight excluding hydrogens is 208 g/mol. The zero-order valence-corrected chi connectivity index (χ0v) is 9.66. The van der Waals surface area contributed by atoms with Crippen LogP contribution < -0.4 is 0 Å². The quantitative estimate of drug-likeness (QED) is 0.863. The van der Waals surface area contributed by atoms with E-state index in [0.717, 1.165) is 16.3 Å². The minimum absolute atomic E-state index is 0.439. The lowest BCUT2D eigenvalue weighted by molar-refractivity contribution is 0.178. The molecule has 0 saturated carbocycles. The van der Waals surface area contributed by atoms with Crippen molar-refractivity contribution in [1.82, 2.24) is 9.55 Å². The lowest BCUT2D eigenvalue weighted by Gasteiger charge is -2.09. The molecule has 0 radical (unpaired) electrons. The highest BCUT2D eigenvalue weighted by atomic mass is 32.1. The summed E-state index contributed by atoms with van der Waals surface area (Å²) in [6, 6.07) is 2.03. The summed E-state index contributed by atoms with van der Waals surface area (Å²) in [5.74, 6) is 0.912. The van der Waals surface area contributed by atoms with Crippen molar-refractivity contribution in [3.8, 4) is 0 Å². The monoisotopic (exact) mass is 222 g/mol. The summed E-state index contributed by atoms with van der Waals surface area (Å²) in [6.07, 6.45) is 3.78. The maximum absolute atomic E-state index is 10.0. The fourth-order valence-corrected chi connectivity index (χ4v) is 2.50. The van der Waals surface area contributed by atoms with Crippen molar-refractivity contribution in [3.63, 3.8) is 0 Å². The molecule has 2 aromatic heterocycles. The van der Waals surface area contributed by atoms with E-state index in [-0.39, 0.29) is 0 Å². The number of aliphatic hydroxyl groups is 1. The zero-order valence-electron chi connectivity index (χ0n) is 8.84. The van der Waals surface area contributed by atoms with Gasteiger partial charge in [-0.05, 0) is 23.9 Å². The lowest BCUT2D eigenvalue weighted by Crippen LogP contribution is -2.06. The minimum atomic E-state index is -0.439. The largest absolute Gasteiger partial charge is 0.387 e. The second-order valence-corrected chi connectivity index (χ2v) is 4.59. The van der Waals surface area contributed by atoms with Crippen LogP contribution in [0.5, 0.6) is 0 Å². The number of nitrogens with zero attached hydrogens (tertiary/aromatic N) is 2. The molecule has 1 atom stereocenters. The highest BCUT2D eigenvalue weighted by Crippen LogP contribution is 2.25. The van der Waals surface area contributed by atoms with Gasteiger partial charge in [0.15, 0.2) is 0 Å². The number of hydrogen-bond donors (Lipinski definition) is 1. The summed E-state index contributed by atoms with van der Waals surface area (Å²) in [4.78, 5) is 5.24. The van der Waals surface area contributed by atoms with Crippen LogP contribution in [0.4, 0.5) is 0 Å². The van der Waals surface area contributed by atoms with Gasteiger partial charge in [-0.25, -0.2) is 4.98 Å². The maximum atomic E-state index is 10.0. The molecule has 0 aliphatic rings. The molecule has 80 valence electrons. The highest BCUT2D eigenvalue weighted by Gasteiger charge is 2.14. The molecule has 1 unspecified atom stereocenters. The Hall–Kier alpha value is -1.13. The standard InChI is InChI=1S/C11H14N2OS/c1-8-3-6-15-11(8)9(14)7-10-12-4-5-13(10)2/h3-6,9,14H,7H2,1-2H3. The Balaban J connectivity index is 2.14. The van der Waals surface area contributed by atoms with Gasteiger partial charge in [0.2, 0.25) is 0 Å². The molecule has 2 rings (SSSR count). The topological polar surface area (TPSA) is 38.1 Å². The predicted octanol–water partition coefficient (Wildman–Crippen LogP) is 2.07. The van der Waals surface area contributed by atoms with Crippen LogP contribution in [0, 0.1) is 6.92 Å². The van der Waals surface area contributed by atoms with Crippen LogP contribution in [0.25, 0.3) is 0 Å². The third kappa shape index (κ3) is 2.11. The average Bonchev–Trinajstić information content (AvgIpc) is 2.76. The van der Waals surface area contributed by atoms with Crippen molar-refractivity contribution in [2.75, 3.05) is 0 Å². The van der Waals surface area contributed by atoms with E-state index < -0.39 is 6.10 Å². The fraction of sp³-hybridized carbons (Fsp3) is 0.364. The molecule has 0 spiro atoms. The number of imidazole rings is 1. The van der Waals surface area contributed by atoms with Crippen molar-refractivity contribution in [2.45, 2.75) is 19.4 Å². The number of hydrogen-bond acceptors (Lipinski definition) is 3. The molecule has 0 saturated heterocycles. The summed E-state index contributed by atoms with van der Waals surface area (Å²) in [7, 11) is 1.94.